The van der Waals surface area contributed by atoms with Crippen LogP contribution in [0.4, 0.5) is 17.3 Å². The Morgan fingerprint density at radius 1 is 1.00 bits per heavy atom. The molecule has 0 atom stereocenters. The summed E-state index contributed by atoms with van der Waals surface area (Å²) in [6.07, 6.45) is 0. The molecule has 0 bridgehead atoms. The zero-order valence-electron chi connectivity index (χ0n) is 14.9. The summed E-state index contributed by atoms with van der Waals surface area (Å²) >= 11 is 0. The van der Waals surface area contributed by atoms with Gasteiger partial charge in [0.1, 0.15) is 4.90 Å². The highest BCUT2D eigenvalue weighted by atomic mass is 32.2. The molecule has 0 unspecified atom stereocenters. The molecule has 0 aliphatic carbocycles. The van der Waals surface area contributed by atoms with Gasteiger partial charge < -0.3 is 5.32 Å². The Labute approximate surface area is 156 Å². The van der Waals surface area contributed by atoms with Crippen molar-refractivity contribution in [2.45, 2.75) is 25.7 Å². The highest BCUT2D eigenvalue weighted by Gasteiger charge is 2.22. The Morgan fingerprint density at radius 2 is 1.63 bits per heavy atom. The number of nitrogens with zero attached hydrogens (tertiary/aromatic N) is 3. The number of rotatable bonds is 6. The van der Waals surface area contributed by atoms with E-state index in [1.54, 1.807) is 44.2 Å². The fraction of sp³-hybridized carbons (Fsp3) is 0.176. The molecule has 0 spiro atoms. The molecule has 0 amide bonds. The van der Waals surface area contributed by atoms with Crippen molar-refractivity contribution in [2.24, 2.45) is 0 Å². The Bertz CT molecular complexity index is 1050. The maximum absolute atomic E-state index is 12.5. The van der Waals surface area contributed by atoms with E-state index in [0.29, 0.717) is 22.8 Å². The number of anilines is 3. The van der Waals surface area contributed by atoms with Gasteiger partial charge in [0.25, 0.3) is 10.0 Å². The van der Waals surface area contributed by atoms with Crippen molar-refractivity contribution in [3.63, 3.8) is 0 Å². The van der Waals surface area contributed by atoms with Gasteiger partial charge in [-0.25, -0.2) is 8.42 Å². The third-order valence-corrected chi connectivity index (χ3v) is 5.41. The van der Waals surface area contributed by atoms with Crippen molar-refractivity contribution in [1.82, 2.24) is 20.4 Å². The van der Waals surface area contributed by atoms with Crippen LogP contribution in [-0.4, -0.2) is 34.6 Å². The van der Waals surface area contributed by atoms with E-state index >= 15 is 0 Å². The van der Waals surface area contributed by atoms with Gasteiger partial charge >= 0.3 is 0 Å². The van der Waals surface area contributed by atoms with Crippen LogP contribution in [0.5, 0.6) is 0 Å². The first-order valence-electron chi connectivity index (χ1n) is 8.02. The third kappa shape index (κ3) is 4.11. The van der Waals surface area contributed by atoms with Gasteiger partial charge in [-0.3, -0.25) is 14.6 Å². The van der Waals surface area contributed by atoms with Gasteiger partial charge in [0.05, 0.1) is 11.4 Å². The van der Waals surface area contributed by atoms with Crippen molar-refractivity contribution in [2.75, 3.05) is 10.0 Å². The summed E-state index contributed by atoms with van der Waals surface area (Å²) in [5.74, 6) is 0.512. The number of Topliss-reactive ketones (excluding diaryl/α,β-unsaturated/α-hetero) is 1. The number of hydrogen-bond donors (Lipinski definition) is 3. The highest BCUT2D eigenvalue weighted by molar-refractivity contribution is 7.92. The van der Waals surface area contributed by atoms with Gasteiger partial charge in [-0.15, -0.1) is 10.2 Å². The maximum atomic E-state index is 12.5. The van der Waals surface area contributed by atoms with Gasteiger partial charge in [0.15, 0.2) is 17.4 Å². The average molecular weight is 386 g/mol. The number of hydrogen-bond acceptors (Lipinski definition) is 7. The lowest BCUT2D eigenvalue weighted by molar-refractivity contribution is 0.101. The average Bonchev–Trinajstić information content (AvgIpc) is 2.96. The zero-order valence-corrected chi connectivity index (χ0v) is 15.8. The number of carbonyl (C=O) groups is 1. The van der Waals surface area contributed by atoms with Crippen LogP contribution in [0, 0.1) is 13.8 Å². The molecule has 27 heavy (non-hydrogen) atoms. The summed E-state index contributed by atoms with van der Waals surface area (Å²) in [5.41, 5.74) is 2.16. The first kappa shape index (κ1) is 18.5. The smallest absolute Gasteiger partial charge is 0.266 e. The predicted octanol–water partition coefficient (Wildman–Crippen LogP) is 2.56. The zero-order chi connectivity index (χ0) is 19.6. The lowest BCUT2D eigenvalue weighted by Gasteiger charge is -2.08. The van der Waals surface area contributed by atoms with Gasteiger partial charge in [-0.05, 0) is 57.2 Å². The normalized spacial score (nSPS) is 11.2. The second-order valence-corrected chi connectivity index (χ2v) is 7.55. The van der Waals surface area contributed by atoms with Crippen LogP contribution >= 0.6 is 0 Å². The molecule has 2 aromatic heterocycles. The fourth-order valence-corrected chi connectivity index (χ4v) is 3.88. The maximum Gasteiger partial charge on any atom is 0.266 e. The molecule has 0 aliphatic heterocycles. The first-order chi connectivity index (χ1) is 12.8. The van der Waals surface area contributed by atoms with Crippen molar-refractivity contribution in [3.8, 4) is 0 Å². The van der Waals surface area contributed by atoms with E-state index in [4.69, 9.17) is 0 Å². The quantitative estimate of drug-likeness (QED) is 0.555. The number of sulfonamides is 1. The Morgan fingerprint density at radius 3 is 2.15 bits per heavy atom. The van der Waals surface area contributed by atoms with Gasteiger partial charge in [-0.1, -0.05) is 0 Å². The lowest BCUT2D eigenvalue weighted by atomic mass is 10.1. The summed E-state index contributed by atoms with van der Waals surface area (Å²) < 4.78 is 27.4. The van der Waals surface area contributed by atoms with Crippen LogP contribution in [-0.2, 0) is 10.0 Å². The number of benzene rings is 1. The summed E-state index contributed by atoms with van der Waals surface area (Å²) in [5, 5.41) is 17.4. The van der Waals surface area contributed by atoms with Crippen LogP contribution < -0.4 is 10.0 Å². The molecule has 0 saturated carbocycles. The Balaban J connectivity index is 1.73. The SMILES string of the molecule is CC(=O)c1ccc(Nc2ccc(NS(=O)(=O)c3c(C)n[nH]c3C)nn2)cc1. The number of aromatic nitrogens is 4. The summed E-state index contributed by atoms with van der Waals surface area (Å²) in [6.45, 7) is 4.74. The van der Waals surface area contributed by atoms with Gasteiger partial charge in [0, 0.05) is 11.3 Å². The molecular weight excluding hydrogens is 368 g/mol. The van der Waals surface area contributed by atoms with Crippen molar-refractivity contribution in [3.05, 3.63) is 53.3 Å². The predicted molar refractivity (Wildman–Crippen MR) is 101 cm³/mol. The Kier molecular flexibility index (Phi) is 4.91. The number of H-pyrrole nitrogens is 1. The minimum Gasteiger partial charge on any atom is -0.339 e. The molecule has 9 nitrogen and oxygen atoms in total. The van der Waals surface area contributed by atoms with Crippen LogP contribution in [0.15, 0.2) is 41.3 Å². The standard InChI is InChI=1S/C17H18N6O3S/c1-10-17(11(2)20-19-10)27(25,26)23-16-9-8-15(21-22-16)18-14-6-4-13(5-7-14)12(3)24/h4-9H,1-3H3,(H,18,21)(H,19,20)(H,22,23). The van der Waals surface area contributed by atoms with Crippen molar-refractivity contribution >= 4 is 33.1 Å². The molecule has 3 N–H and O–H groups in total. The van der Waals surface area contributed by atoms with E-state index < -0.39 is 10.0 Å². The van der Waals surface area contributed by atoms with E-state index in [0.717, 1.165) is 5.69 Å². The second kappa shape index (κ2) is 7.16. The topological polar surface area (TPSA) is 130 Å². The van der Waals surface area contributed by atoms with E-state index in [1.165, 1.54) is 13.0 Å². The summed E-state index contributed by atoms with van der Waals surface area (Å²) in [4.78, 5) is 11.4. The van der Waals surface area contributed by atoms with Gasteiger partial charge in [0.2, 0.25) is 0 Å². The van der Waals surface area contributed by atoms with Gasteiger partial charge in [-0.2, -0.15) is 5.10 Å². The molecule has 3 aromatic rings. The number of aryl methyl sites for hydroxylation is 2. The molecule has 3 rings (SSSR count). The van der Waals surface area contributed by atoms with E-state index in [1.807, 2.05) is 0 Å². The molecule has 2 heterocycles. The number of carbonyl (C=O) groups excluding carboxylic acids is 1. The minimum absolute atomic E-state index is 0.0129. The van der Waals surface area contributed by atoms with E-state index in [9.17, 15) is 13.2 Å². The second-order valence-electron chi connectivity index (χ2n) is 5.93. The fourth-order valence-electron chi connectivity index (χ4n) is 2.51. The molecule has 10 heteroatoms. The minimum atomic E-state index is -3.81. The molecule has 1 aromatic carbocycles. The molecule has 0 saturated heterocycles. The number of aromatic amines is 1. The van der Waals surface area contributed by atoms with Crippen LogP contribution in [0.3, 0.4) is 0 Å². The van der Waals surface area contributed by atoms with Crippen molar-refractivity contribution in [1.29, 1.82) is 0 Å². The first-order valence-corrected chi connectivity index (χ1v) is 9.51. The van der Waals surface area contributed by atoms with Crippen molar-refractivity contribution < 1.29 is 13.2 Å². The van der Waals surface area contributed by atoms with Crippen LogP contribution in [0.1, 0.15) is 28.7 Å². The summed E-state index contributed by atoms with van der Waals surface area (Å²) in [6, 6.07) is 10.0. The summed E-state index contributed by atoms with van der Waals surface area (Å²) in [7, 11) is -3.81. The van der Waals surface area contributed by atoms with E-state index in [2.05, 4.69) is 30.4 Å². The molecule has 0 aliphatic rings. The van der Waals surface area contributed by atoms with E-state index in [-0.39, 0.29) is 16.5 Å². The third-order valence-electron chi connectivity index (χ3n) is 3.80. The molecule has 0 fully saturated rings. The van der Waals surface area contributed by atoms with Crippen LogP contribution in [0.2, 0.25) is 0 Å². The lowest BCUT2D eigenvalue weighted by Crippen LogP contribution is -2.16. The number of ketones is 1. The molecule has 140 valence electrons. The van der Waals surface area contributed by atoms with Crippen LogP contribution in [0.25, 0.3) is 0 Å². The molecular formula is C17H18N6O3S. The molecule has 0 radical (unpaired) electrons. The number of nitrogens with one attached hydrogen (secondary N) is 3. The Hall–Kier alpha value is -3.27. The monoisotopic (exact) mass is 386 g/mol. The highest BCUT2D eigenvalue weighted by Crippen LogP contribution is 2.21. The largest absolute Gasteiger partial charge is 0.339 e.